The lowest BCUT2D eigenvalue weighted by atomic mass is 9.77. The maximum Gasteiger partial charge on any atom is 0.497 e. The van der Waals surface area contributed by atoms with Crippen molar-refractivity contribution in [2.45, 2.75) is 52.7 Å². The van der Waals surface area contributed by atoms with E-state index in [2.05, 4.69) is 5.32 Å². The Balaban J connectivity index is 0.00000165. The first kappa shape index (κ1) is 28.7. The summed E-state index contributed by atoms with van der Waals surface area (Å²) in [6.45, 7) is 11.6. The van der Waals surface area contributed by atoms with E-state index in [0.717, 1.165) is 10.6 Å². The maximum absolute atomic E-state index is 13.5. The number of anilines is 1. The lowest BCUT2D eigenvalue weighted by molar-refractivity contribution is 0.00578. The summed E-state index contributed by atoms with van der Waals surface area (Å²) in [5.74, 6) is -0.600. The maximum atomic E-state index is 13.5. The highest BCUT2D eigenvalue weighted by Crippen LogP contribution is 2.40. The van der Waals surface area contributed by atoms with Gasteiger partial charge in [-0.3, -0.25) is 9.10 Å². The highest BCUT2D eigenvalue weighted by Gasteiger charge is 2.52. The average Bonchev–Trinajstić information content (AvgIpc) is 3.31. The minimum atomic E-state index is -3.66. The van der Waals surface area contributed by atoms with Crippen LogP contribution in [0, 0.1) is 5.82 Å². The van der Waals surface area contributed by atoms with Crippen molar-refractivity contribution in [1.29, 1.82) is 0 Å². The molecule has 11 heteroatoms. The van der Waals surface area contributed by atoms with Crippen molar-refractivity contribution in [2.24, 2.45) is 0 Å². The van der Waals surface area contributed by atoms with Crippen LogP contribution >= 0.6 is 0 Å². The molecule has 2 aromatic carbocycles. The van der Waals surface area contributed by atoms with Crippen molar-refractivity contribution in [3.8, 4) is 11.3 Å². The summed E-state index contributed by atoms with van der Waals surface area (Å²) in [4.78, 5) is 13.0. The Morgan fingerprint density at radius 2 is 1.59 bits per heavy atom. The monoisotopic (exact) mass is 534 g/mol. The Morgan fingerprint density at radius 1 is 1.05 bits per heavy atom. The lowest BCUT2D eigenvalue weighted by Crippen LogP contribution is -2.41. The average molecular weight is 534 g/mol. The zero-order chi connectivity index (χ0) is 27.9. The largest absolute Gasteiger partial charge is 0.497 e. The van der Waals surface area contributed by atoms with Crippen LogP contribution in [-0.2, 0) is 19.3 Å². The summed E-state index contributed by atoms with van der Waals surface area (Å²) in [6.07, 6.45) is 1.09. The molecule has 8 nitrogen and oxygen atoms in total. The molecule has 4 rings (SSSR count). The molecule has 1 aliphatic rings. The lowest BCUT2D eigenvalue weighted by Gasteiger charge is -2.32. The van der Waals surface area contributed by atoms with Gasteiger partial charge < -0.3 is 19.0 Å². The van der Waals surface area contributed by atoms with E-state index in [-0.39, 0.29) is 18.3 Å². The van der Waals surface area contributed by atoms with Gasteiger partial charge >= 0.3 is 7.12 Å². The molecule has 0 aliphatic carbocycles. The molecule has 0 unspecified atom stereocenters. The van der Waals surface area contributed by atoms with Crippen molar-refractivity contribution in [2.75, 3.05) is 24.7 Å². The van der Waals surface area contributed by atoms with Crippen LogP contribution in [0.4, 0.5) is 10.1 Å². The van der Waals surface area contributed by atoms with E-state index in [1.54, 1.807) is 12.1 Å². The number of carbonyl (C=O) groups excluding carboxylic acids is 1. The second-order valence-corrected chi connectivity index (χ2v) is 11.6. The van der Waals surface area contributed by atoms with Gasteiger partial charge in [0.1, 0.15) is 17.2 Å². The molecule has 1 aliphatic heterocycles. The molecule has 2 heterocycles. The van der Waals surface area contributed by atoms with Gasteiger partial charge in [-0.05, 0) is 58.0 Å². The van der Waals surface area contributed by atoms with Gasteiger partial charge in [0.25, 0.3) is 5.91 Å². The molecule has 1 amide bonds. The number of benzene rings is 2. The summed E-state index contributed by atoms with van der Waals surface area (Å²) in [7, 11) is -1.63. The Hall–Kier alpha value is -2.89. The van der Waals surface area contributed by atoms with Crippen LogP contribution in [0.5, 0.6) is 0 Å². The van der Waals surface area contributed by atoms with Gasteiger partial charge in [0.15, 0.2) is 0 Å². The quantitative estimate of drug-likeness (QED) is 0.482. The number of hydrogen-bond donors (Lipinski definition) is 1. The van der Waals surface area contributed by atoms with E-state index in [0.29, 0.717) is 22.1 Å². The molecule has 0 saturated carbocycles. The smallest absolute Gasteiger partial charge is 0.455 e. The summed E-state index contributed by atoms with van der Waals surface area (Å²) >= 11 is 0. The topological polar surface area (TPSA) is 98.1 Å². The number of furan rings is 1. The van der Waals surface area contributed by atoms with Crippen molar-refractivity contribution >= 4 is 45.2 Å². The fraction of sp³-hybridized carbons (Fsp3) is 0.423. The molecule has 0 bridgehead atoms. The standard InChI is InChI=1S/C24H28BFN2O6S.C2H6.H2/c1-23(2)24(3,4)34-25(33-23)17-12-16-19(13-18(17)28(6)35(7,30)31)32-21(20(16)22(29)27-5)14-8-10-15(26)11-9-14;1-2;/h8-13H,1-7H3,(H,27,29);1-2H3;1H. The predicted molar refractivity (Wildman–Crippen MR) is 147 cm³/mol. The number of sulfonamides is 1. The van der Waals surface area contributed by atoms with Gasteiger partial charge in [0.2, 0.25) is 10.0 Å². The third-order valence-electron chi connectivity index (χ3n) is 6.74. The van der Waals surface area contributed by atoms with Crippen LogP contribution in [0.25, 0.3) is 22.3 Å². The van der Waals surface area contributed by atoms with Crippen molar-refractivity contribution < 1.29 is 32.8 Å². The van der Waals surface area contributed by atoms with Crippen LogP contribution in [0.15, 0.2) is 40.8 Å². The molecule has 0 spiro atoms. The van der Waals surface area contributed by atoms with Crippen LogP contribution in [-0.4, -0.2) is 53.0 Å². The van der Waals surface area contributed by atoms with Gasteiger partial charge in [-0.15, -0.1) is 0 Å². The van der Waals surface area contributed by atoms with E-state index < -0.39 is 40.1 Å². The SMILES string of the molecule is CC.CNC(=O)c1c(-c2ccc(F)cc2)oc2cc(N(C)S(C)(=O)=O)c(B3OC(C)(C)C(C)(C)O3)cc12.[HH]. The Morgan fingerprint density at radius 3 is 2.08 bits per heavy atom. The first-order valence-corrected chi connectivity index (χ1v) is 13.9. The molecule has 1 aromatic heterocycles. The van der Waals surface area contributed by atoms with Crippen LogP contribution in [0.1, 0.15) is 53.3 Å². The molecular weight excluding hydrogens is 498 g/mol. The minimum Gasteiger partial charge on any atom is -0.455 e. The third-order valence-corrected chi connectivity index (χ3v) is 7.93. The van der Waals surface area contributed by atoms with Gasteiger partial charge in [-0.2, -0.15) is 0 Å². The molecule has 0 atom stereocenters. The summed E-state index contributed by atoms with van der Waals surface area (Å²) < 4.78 is 58.1. The zero-order valence-electron chi connectivity index (χ0n) is 22.7. The Bertz CT molecular complexity index is 1410. The fourth-order valence-corrected chi connectivity index (χ4v) is 4.43. The summed E-state index contributed by atoms with van der Waals surface area (Å²) in [5, 5.41) is 3.06. The number of rotatable bonds is 5. The first-order chi connectivity index (χ1) is 17.2. The molecule has 1 N–H and O–H groups in total. The number of fused-ring (bicyclic) bond motifs is 1. The molecular formula is C26H36BFN2O6S. The molecule has 0 radical (unpaired) electrons. The molecule has 1 fully saturated rings. The second-order valence-electron chi connectivity index (χ2n) is 9.62. The molecule has 3 aromatic rings. The zero-order valence-corrected chi connectivity index (χ0v) is 23.5. The van der Waals surface area contributed by atoms with Gasteiger partial charge in [0.05, 0.1) is 28.7 Å². The number of hydrogen-bond acceptors (Lipinski definition) is 6. The normalized spacial score (nSPS) is 16.3. The molecule has 1 saturated heterocycles. The van der Waals surface area contributed by atoms with E-state index in [1.165, 1.54) is 38.4 Å². The van der Waals surface area contributed by atoms with E-state index in [9.17, 15) is 17.6 Å². The van der Waals surface area contributed by atoms with Crippen molar-refractivity contribution in [1.82, 2.24) is 5.32 Å². The van der Waals surface area contributed by atoms with E-state index >= 15 is 0 Å². The highest BCUT2D eigenvalue weighted by molar-refractivity contribution is 7.92. The van der Waals surface area contributed by atoms with Gasteiger partial charge in [-0.25, -0.2) is 12.8 Å². The predicted octanol–water partition coefficient (Wildman–Crippen LogP) is 4.57. The second kappa shape index (κ2) is 10.1. The van der Waals surface area contributed by atoms with E-state index in [4.69, 9.17) is 13.7 Å². The summed E-state index contributed by atoms with van der Waals surface area (Å²) in [5.41, 5.74) is 0.396. The van der Waals surface area contributed by atoms with Crippen molar-refractivity contribution in [3.05, 3.63) is 47.8 Å². The van der Waals surface area contributed by atoms with Crippen LogP contribution in [0.2, 0.25) is 0 Å². The van der Waals surface area contributed by atoms with Crippen LogP contribution < -0.4 is 15.1 Å². The first-order valence-electron chi connectivity index (χ1n) is 12.0. The number of nitrogens with one attached hydrogen (secondary N) is 1. The molecule has 202 valence electrons. The fourth-order valence-electron chi connectivity index (χ4n) is 3.91. The van der Waals surface area contributed by atoms with Gasteiger partial charge in [0, 0.05) is 38.0 Å². The number of halogens is 1. The number of nitrogens with zero attached hydrogens (tertiary/aromatic N) is 1. The van der Waals surface area contributed by atoms with E-state index in [1.807, 2.05) is 41.5 Å². The number of amides is 1. The Labute approximate surface area is 219 Å². The van der Waals surface area contributed by atoms with Crippen molar-refractivity contribution in [3.63, 3.8) is 0 Å². The minimum absolute atomic E-state index is 0. The van der Waals surface area contributed by atoms with Crippen LogP contribution in [0.3, 0.4) is 0 Å². The Kier molecular flexibility index (Phi) is 7.84. The highest BCUT2D eigenvalue weighted by atomic mass is 32.2. The third kappa shape index (κ3) is 5.25. The summed E-state index contributed by atoms with van der Waals surface area (Å²) in [6, 6.07) is 8.78. The molecule has 37 heavy (non-hydrogen) atoms. The number of carbonyl (C=O) groups is 1. The van der Waals surface area contributed by atoms with Gasteiger partial charge in [-0.1, -0.05) is 13.8 Å².